The van der Waals surface area contributed by atoms with Crippen molar-refractivity contribution < 1.29 is 9.59 Å². The zero-order valence-electron chi connectivity index (χ0n) is 8.99. The van der Waals surface area contributed by atoms with Crippen LogP contribution in [0.4, 0.5) is 5.82 Å². The molecule has 2 rings (SSSR count). The Morgan fingerprint density at radius 3 is 2.75 bits per heavy atom. The third kappa shape index (κ3) is 2.56. The highest BCUT2D eigenvalue weighted by Gasteiger charge is 2.26. The smallest absolute Gasteiger partial charge is 0.314 e. The lowest BCUT2D eigenvalue weighted by molar-refractivity contribution is -0.136. The first-order valence-electron chi connectivity index (χ1n) is 5.20. The lowest BCUT2D eigenvalue weighted by atomic mass is 10.3. The van der Waals surface area contributed by atoms with Gasteiger partial charge in [-0.1, -0.05) is 6.07 Å². The minimum atomic E-state index is -0.659. The van der Waals surface area contributed by atoms with E-state index in [-0.39, 0.29) is 6.04 Å². The van der Waals surface area contributed by atoms with Gasteiger partial charge >= 0.3 is 11.8 Å². The van der Waals surface area contributed by atoms with Gasteiger partial charge in [-0.25, -0.2) is 4.98 Å². The molecule has 1 fully saturated rings. The van der Waals surface area contributed by atoms with Crippen LogP contribution in [0.1, 0.15) is 18.4 Å². The van der Waals surface area contributed by atoms with Crippen molar-refractivity contribution in [3.05, 3.63) is 23.9 Å². The van der Waals surface area contributed by atoms with Crippen LogP contribution in [0.5, 0.6) is 0 Å². The van der Waals surface area contributed by atoms with E-state index in [4.69, 9.17) is 0 Å². The highest BCUT2D eigenvalue weighted by Crippen LogP contribution is 2.18. The Morgan fingerprint density at radius 1 is 1.38 bits per heavy atom. The summed E-state index contributed by atoms with van der Waals surface area (Å²) in [6.07, 6.45) is 3.49. The van der Waals surface area contributed by atoms with Gasteiger partial charge in [-0.2, -0.15) is 0 Å². The summed E-state index contributed by atoms with van der Waals surface area (Å²) in [5.41, 5.74) is 0.829. The third-order valence-electron chi connectivity index (χ3n) is 2.36. The molecule has 1 aromatic rings. The van der Waals surface area contributed by atoms with Crippen molar-refractivity contribution >= 4 is 17.6 Å². The van der Waals surface area contributed by atoms with Crippen molar-refractivity contribution in [3.63, 3.8) is 0 Å². The Bertz CT molecular complexity index is 427. The zero-order valence-corrected chi connectivity index (χ0v) is 8.99. The van der Waals surface area contributed by atoms with E-state index in [9.17, 15) is 9.59 Å². The molecule has 5 heteroatoms. The number of amides is 2. The summed E-state index contributed by atoms with van der Waals surface area (Å²) in [6.45, 7) is 1.82. The van der Waals surface area contributed by atoms with Gasteiger partial charge in [-0.05, 0) is 31.4 Å². The number of aromatic nitrogens is 1. The van der Waals surface area contributed by atoms with Gasteiger partial charge in [0.1, 0.15) is 5.82 Å². The third-order valence-corrected chi connectivity index (χ3v) is 2.36. The van der Waals surface area contributed by atoms with Crippen molar-refractivity contribution in [1.29, 1.82) is 0 Å². The van der Waals surface area contributed by atoms with E-state index in [2.05, 4.69) is 15.6 Å². The SMILES string of the molecule is Cc1cccnc1NC(=O)C(=O)NC1CC1. The molecule has 1 aromatic heterocycles. The van der Waals surface area contributed by atoms with Crippen molar-refractivity contribution in [3.8, 4) is 0 Å². The molecule has 0 spiro atoms. The van der Waals surface area contributed by atoms with Crippen LogP contribution in [0.2, 0.25) is 0 Å². The van der Waals surface area contributed by atoms with E-state index < -0.39 is 11.8 Å². The molecule has 2 amide bonds. The molecule has 84 valence electrons. The molecule has 0 bridgehead atoms. The molecular weight excluding hydrogens is 206 g/mol. The second kappa shape index (κ2) is 4.30. The summed E-state index contributed by atoms with van der Waals surface area (Å²) in [6, 6.07) is 3.78. The molecule has 0 radical (unpaired) electrons. The first-order valence-corrected chi connectivity index (χ1v) is 5.20. The van der Waals surface area contributed by atoms with Crippen molar-refractivity contribution in [2.75, 3.05) is 5.32 Å². The first-order chi connectivity index (χ1) is 7.66. The number of carbonyl (C=O) groups excluding carboxylic acids is 2. The molecule has 1 saturated carbocycles. The summed E-state index contributed by atoms with van der Waals surface area (Å²) in [5.74, 6) is -0.820. The van der Waals surface area contributed by atoms with E-state index in [1.54, 1.807) is 12.3 Å². The highest BCUT2D eigenvalue weighted by molar-refractivity contribution is 6.39. The van der Waals surface area contributed by atoms with Gasteiger partial charge in [0.25, 0.3) is 0 Å². The lowest BCUT2D eigenvalue weighted by Crippen LogP contribution is -2.36. The topological polar surface area (TPSA) is 71.1 Å². The van der Waals surface area contributed by atoms with Crippen LogP contribution in [0.15, 0.2) is 18.3 Å². The summed E-state index contributed by atoms with van der Waals surface area (Å²) < 4.78 is 0. The number of aryl methyl sites for hydroxylation is 1. The Balaban J connectivity index is 1.95. The molecule has 0 atom stereocenters. The minimum absolute atomic E-state index is 0.183. The van der Waals surface area contributed by atoms with Gasteiger partial charge in [0.05, 0.1) is 0 Å². The van der Waals surface area contributed by atoms with Crippen LogP contribution in [-0.4, -0.2) is 22.8 Å². The number of nitrogens with zero attached hydrogens (tertiary/aromatic N) is 1. The molecule has 2 N–H and O–H groups in total. The van der Waals surface area contributed by atoms with E-state index in [1.807, 2.05) is 13.0 Å². The standard InChI is InChI=1S/C11H13N3O2/c1-7-3-2-6-12-9(7)14-11(16)10(15)13-8-4-5-8/h2-3,6,8H,4-5H2,1H3,(H,13,15)(H,12,14,16). The Hall–Kier alpha value is -1.91. The zero-order chi connectivity index (χ0) is 11.5. The van der Waals surface area contributed by atoms with E-state index in [0.717, 1.165) is 18.4 Å². The summed E-state index contributed by atoms with van der Waals surface area (Å²) in [5, 5.41) is 5.10. The van der Waals surface area contributed by atoms with Crippen LogP contribution in [0.3, 0.4) is 0 Å². The van der Waals surface area contributed by atoms with E-state index in [1.165, 1.54) is 0 Å². The number of hydrogen-bond acceptors (Lipinski definition) is 3. The van der Waals surface area contributed by atoms with Gasteiger partial charge in [-0.3, -0.25) is 9.59 Å². The maximum Gasteiger partial charge on any atom is 0.314 e. The fourth-order valence-electron chi connectivity index (χ4n) is 1.26. The minimum Gasteiger partial charge on any atom is -0.345 e. The predicted octanol–water partition coefficient (Wildman–Crippen LogP) is 0.607. The molecule has 1 aliphatic rings. The summed E-state index contributed by atoms with van der Waals surface area (Å²) >= 11 is 0. The van der Waals surface area contributed by atoms with Gasteiger partial charge in [0.2, 0.25) is 0 Å². The molecule has 16 heavy (non-hydrogen) atoms. The molecule has 0 unspecified atom stereocenters. The van der Waals surface area contributed by atoms with Gasteiger partial charge in [-0.15, -0.1) is 0 Å². The number of hydrogen-bond donors (Lipinski definition) is 2. The lowest BCUT2D eigenvalue weighted by Gasteiger charge is -2.06. The number of nitrogens with one attached hydrogen (secondary N) is 2. The molecule has 0 aliphatic heterocycles. The summed E-state index contributed by atoms with van der Waals surface area (Å²) in [4.78, 5) is 26.8. The molecule has 0 saturated heterocycles. The van der Waals surface area contributed by atoms with Crippen molar-refractivity contribution in [2.24, 2.45) is 0 Å². The molecule has 1 aliphatic carbocycles. The largest absolute Gasteiger partial charge is 0.345 e. The maximum atomic E-state index is 11.5. The van der Waals surface area contributed by atoms with Crippen LogP contribution < -0.4 is 10.6 Å². The Labute approximate surface area is 93.3 Å². The number of rotatable bonds is 2. The average Bonchev–Trinajstić information content (AvgIpc) is 3.05. The van der Waals surface area contributed by atoms with Crippen molar-refractivity contribution in [1.82, 2.24) is 10.3 Å². The maximum absolute atomic E-state index is 11.5. The highest BCUT2D eigenvalue weighted by atomic mass is 16.2. The predicted molar refractivity (Wildman–Crippen MR) is 58.8 cm³/mol. The van der Waals surface area contributed by atoms with E-state index >= 15 is 0 Å². The Morgan fingerprint density at radius 2 is 2.12 bits per heavy atom. The van der Waals surface area contributed by atoms with Crippen LogP contribution in [0.25, 0.3) is 0 Å². The Kier molecular flexibility index (Phi) is 2.85. The molecule has 0 aromatic carbocycles. The number of pyridine rings is 1. The first kappa shape index (κ1) is 10.6. The fraction of sp³-hybridized carbons (Fsp3) is 0.364. The monoisotopic (exact) mass is 219 g/mol. The van der Waals surface area contributed by atoms with Crippen LogP contribution in [-0.2, 0) is 9.59 Å². The molecule has 5 nitrogen and oxygen atoms in total. The quantitative estimate of drug-likeness (QED) is 0.716. The molecule has 1 heterocycles. The summed E-state index contributed by atoms with van der Waals surface area (Å²) in [7, 11) is 0. The normalized spacial score (nSPS) is 14.3. The van der Waals surface area contributed by atoms with Crippen LogP contribution >= 0.6 is 0 Å². The number of carbonyl (C=O) groups is 2. The second-order valence-corrected chi connectivity index (χ2v) is 3.87. The molecular formula is C11H13N3O2. The number of anilines is 1. The van der Waals surface area contributed by atoms with Gasteiger partial charge < -0.3 is 10.6 Å². The van der Waals surface area contributed by atoms with Crippen LogP contribution in [0, 0.1) is 6.92 Å². The van der Waals surface area contributed by atoms with Gasteiger partial charge in [0, 0.05) is 12.2 Å². The van der Waals surface area contributed by atoms with Gasteiger partial charge in [0.15, 0.2) is 0 Å². The fourth-order valence-corrected chi connectivity index (χ4v) is 1.26. The van der Waals surface area contributed by atoms with Crippen molar-refractivity contribution in [2.45, 2.75) is 25.8 Å². The van der Waals surface area contributed by atoms with E-state index in [0.29, 0.717) is 5.82 Å². The average molecular weight is 219 g/mol. The second-order valence-electron chi connectivity index (χ2n) is 3.87.